The molecule has 0 aromatic heterocycles. The van der Waals surface area contributed by atoms with Crippen molar-refractivity contribution >= 4 is 5.91 Å². The lowest BCUT2D eigenvalue weighted by atomic mass is 10.0. The summed E-state index contributed by atoms with van der Waals surface area (Å²) in [6.45, 7) is 4.30. The molecule has 3 unspecified atom stereocenters. The van der Waals surface area contributed by atoms with Gasteiger partial charge in [-0.25, -0.2) is 0 Å². The second-order valence-electron chi connectivity index (χ2n) is 5.55. The molecule has 0 radical (unpaired) electrons. The number of piperidine rings is 1. The van der Waals surface area contributed by atoms with E-state index in [0.717, 1.165) is 37.8 Å². The van der Waals surface area contributed by atoms with Crippen LogP contribution in [-0.4, -0.2) is 37.0 Å². The van der Waals surface area contributed by atoms with E-state index in [1.54, 1.807) is 0 Å². The van der Waals surface area contributed by atoms with Gasteiger partial charge in [0.2, 0.25) is 5.91 Å². The zero-order valence-electron chi connectivity index (χ0n) is 10.5. The Hall–Kier alpha value is -0.570. The van der Waals surface area contributed by atoms with Crippen LogP contribution in [0.1, 0.15) is 39.0 Å². The first-order valence-electron chi connectivity index (χ1n) is 6.66. The van der Waals surface area contributed by atoms with Crippen LogP contribution in [0.5, 0.6) is 0 Å². The van der Waals surface area contributed by atoms with Crippen molar-refractivity contribution in [2.45, 2.75) is 45.1 Å². The van der Waals surface area contributed by atoms with Crippen LogP contribution in [0, 0.1) is 11.8 Å². The molecule has 2 fully saturated rings. The minimum atomic E-state index is 0.0765. The first-order chi connectivity index (χ1) is 7.70. The lowest BCUT2D eigenvalue weighted by Gasteiger charge is -2.33. The van der Waals surface area contributed by atoms with E-state index in [9.17, 15) is 4.79 Å². The highest BCUT2D eigenvalue weighted by molar-refractivity contribution is 5.82. The molecule has 2 rings (SSSR count). The summed E-state index contributed by atoms with van der Waals surface area (Å²) in [6, 6.07) is 0.0765. The molecule has 92 valence electrons. The maximum Gasteiger partial charge on any atom is 0.239 e. The zero-order valence-corrected chi connectivity index (χ0v) is 10.5. The summed E-state index contributed by atoms with van der Waals surface area (Å²) >= 11 is 0. The Labute approximate surface area is 98.6 Å². The topological polar surface area (TPSA) is 32.3 Å². The molecule has 2 aliphatic rings. The highest BCUT2D eigenvalue weighted by Gasteiger charge is 2.30. The summed E-state index contributed by atoms with van der Waals surface area (Å²) in [5.41, 5.74) is 0. The molecule has 1 N–H and O–H groups in total. The summed E-state index contributed by atoms with van der Waals surface area (Å²) < 4.78 is 0. The molecular formula is C13H24N2O. The average Bonchev–Trinajstić information content (AvgIpc) is 2.67. The molecule has 1 saturated heterocycles. The van der Waals surface area contributed by atoms with Crippen LogP contribution in [0.4, 0.5) is 0 Å². The van der Waals surface area contributed by atoms with Gasteiger partial charge < -0.3 is 10.2 Å². The van der Waals surface area contributed by atoms with Crippen molar-refractivity contribution in [3.8, 4) is 0 Å². The van der Waals surface area contributed by atoms with E-state index < -0.39 is 0 Å². The molecule has 1 aliphatic carbocycles. The highest BCUT2D eigenvalue weighted by Crippen LogP contribution is 2.31. The number of hydrogen-bond acceptors (Lipinski definition) is 2. The molecule has 1 heterocycles. The molecule has 3 nitrogen and oxygen atoms in total. The van der Waals surface area contributed by atoms with Crippen LogP contribution >= 0.6 is 0 Å². The van der Waals surface area contributed by atoms with Crippen LogP contribution in [0.3, 0.4) is 0 Å². The molecule has 0 aromatic rings. The van der Waals surface area contributed by atoms with Gasteiger partial charge in [-0.3, -0.25) is 4.79 Å². The maximum absolute atomic E-state index is 12.1. The quantitative estimate of drug-likeness (QED) is 0.790. The highest BCUT2D eigenvalue weighted by atomic mass is 16.2. The summed E-state index contributed by atoms with van der Waals surface area (Å²) in [4.78, 5) is 14.2. The predicted molar refractivity (Wildman–Crippen MR) is 65.2 cm³/mol. The van der Waals surface area contributed by atoms with Gasteiger partial charge in [0, 0.05) is 13.1 Å². The summed E-state index contributed by atoms with van der Waals surface area (Å²) in [5.74, 6) is 1.95. The van der Waals surface area contributed by atoms with Crippen molar-refractivity contribution in [2.75, 3.05) is 20.1 Å². The van der Waals surface area contributed by atoms with Gasteiger partial charge in [-0.05, 0) is 44.6 Å². The smallest absolute Gasteiger partial charge is 0.239 e. The lowest BCUT2D eigenvalue weighted by molar-refractivity contribution is -0.136. The van der Waals surface area contributed by atoms with Gasteiger partial charge in [-0.2, -0.15) is 0 Å². The molecule has 3 atom stereocenters. The third-order valence-electron chi connectivity index (χ3n) is 4.16. The summed E-state index contributed by atoms with van der Waals surface area (Å²) in [7, 11) is 1.89. The monoisotopic (exact) mass is 224 g/mol. The first kappa shape index (κ1) is 11.9. The summed E-state index contributed by atoms with van der Waals surface area (Å²) in [5, 5.41) is 3.13. The second-order valence-corrected chi connectivity index (χ2v) is 5.55. The zero-order chi connectivity index (χ0) is 11.5. The predicted octanol–water partition coefficient (Wildman–Crippen LogP) is 1.63. The van der Waals surface area contributed by atoms with Gasteiger partial charge in [-0.15, -0.1) is 0 Å². The number of likely N-dealkylation sites (tertiary alicyclic amines) is 1. The molecule has 16 heavy (non-hydrogen) atoms. The molecule has 1 aliphatic heterocycles. The van der Waals surface area contributed by atoms with Crippen LogP contribution in [-0.2, 0) is 4.79 Å². The van der Waals surface area contributed by atoms with E-state index >= 15 is 0 Å². The molecule has 3 heteroatoms. The number of carbonyl (C=O) groups is 1. The van der Waals surface area contributed by atoms with Crippen molar-refractivity contribution in [3.63, 3.8) is 0 Å². The van der Waals surface area contributed by atoms with Crippen molar-refractivity contribution in [1.82, 2.24) is 10.2 Å². The van der Waals surface area contributed by atoms with E-state index in [2.05, 4.69) is 17.1 Å². The van der Waals surface area contributed by atoms with Crippen molar-refractivity contribution in [3.05, 3.63) is 0 Å². The number of rotatable bonds is 3. The minimum absolute atomic E-state index is 0.0765. The number of likely N-dealkylation sites (N-methyl/N-ethyl adjacent to an activating group) is 1. The van der Waals surface area contributed by atoms with Crippen LogP contribution in [0.2, 0.25) is 0 Å². The second kappa shape index (κ2) is 5.17. The van der Waals surface area contributed by atoms with Gasteiger partial charge in [0.25, 0.3) is 0 Å². The SMILES string of the molecule is CNC1CCCN(CC2CCC(C)C2)C1=O. The Morgan fingerprint density at radius 1 is 1.38 bits per heavy atom. The van der Waals surface area contributed by atoms with Crippen molar-refractivity contribution in [2.24, 2.45) is 11.8 Å². The fourth-order valence-corrected chi connectivity index (χ4v) is 3.19. The van der Waals surface area contributed by atoms with Crippen molar-refractivity contribution < 1.29 is 4.79 Å². The van der Waals surface area contributed by atoms with E-state index in [0.29, 0.717) is 5.91 Å². The largest absolute Gasteiger partial charge is 0.341 e. The molecule has 0 spiro atoms. The van der Waals surface area contributed by atoms with E-state index in [-0.39, 0.29) is 6.04 Å². The fourth-order valence-electron chi connectivity index (χ4n) is 3.19. The average molecular weight is 224 g/mol. The Morgan fingerprint density at radius 2 is 2.19 bits per heavy atom. The van der Waals surface area contributed by atoms with Gasteiger partial charge in [0.05, 0.1) is 6.04 Å². The van der Waals surface area contributed by atoms with Gasteiger partial charge in [-0.1, -0.05) is 13.3 Å². The number of nitrogens with zero attached hydrogens (tertiary/aromatic N) is 1. The summed E-state index contributed by atoms with van der Waals surface area (Å²) in [6.07, 6.45) is 6.14. The fraction of sp³-hybridized carbons (Fsp3) is 0.923. The molecular weight excluding hydrogens is 200 g/mol. The third kappa shape index (κ3) is 2.57. The normalized spacial score (nSPS) is 35.8. The Morgan fingerprint density at radius 3 is 2.81 bits per heavy atom. The van der Waals surface area contributed by atoms with E-state index in [1.807, 2.05) is 7.05 Å². The van der Waals surface area contributed by atoms with Crippen LogP contribution < -0.4 is 5.32 Å². The Balaban J connectivity index is 1.86. The first-order valence-corrected chi connectivity index (χ1v) is 6.66. The van der Waals surface area contributed by atoms with E-state index in [4.69, 9.17) is 0 Å². The number of nitrogens with one attached hydrogen (secondary N) is 1. The maximum atomic E-state index is 12.1. The van der Waals surface area contributed by atoms with Gasteiger partial charge in [0.15, 0.2) is 0 Å². The van der Waals surface area contributed by atoms with Gasteiger partial charge >= 0.3 is 0 Å². The number of hydrogen-bond donors (Lipinski definition) is 1. The molecule has 0 bridgehead atoms. The van der Waals surface area contributed by atoms with Crippen LogP contribution in [0.15, 0.2) is 0 Å². The minimum Gasteiger partial charge on any atom is -0.341 e. The molecule has 1 saturated carbocycles. The van der Waals surface area contributed by atoms with Gasteiger partial charge in [0.1, 0.15) is 0 Å². The van der Waals surface area contributed by atoms with Crippen molar-refractivity contribution in [1.29, 1.82) is 0 Å². The standard InChI is InChI=1S/C13H24N2O/c1-10-5-6-11(8-10)9-15-7-3-4-12(14-2)13(15)16/h10-12,14H,3-9H2,1-2H3. The van der Waals surface area contributed by atoms with Crippen LogP contribution in [0.25, 0.3) is 0 Å². The molecule has 0 aromatic carbocycles. The number of amides is 1. The van der Waals surface area contributed by atoms with E-state index in [1.165, 1.54) is 19.3 Å². The number of carbonyl (C=O) groups excluding carboxylic acids is 1. The molecule has 1 amide bonds. The Bertz CT molecular complexity index is 254. The Kier molecular flexibility index (Phi) is 3.85. The lowest BCUT2D eigenvalue weighted by Crippen LogP contribution is -2.50. The third-order valence-corrected chi connectivity index (χ3v) is 4.16.